The Labute approximate surface area is 152 Å². The standard InChI is InChI=1S/C21H22N2O3/c1-4-13-6-7-16-15(10-13)18(12(3)21(25)26)19(23-16)20(24)17-11-14(5-2)8-9-22-17/h6-12,23H,4-5H2,1-3H3,(H,25,26). The summed E-state index contributed by atoms with van der Waals surface area (Å²) in [4.78, 5) is 32.1. The van der Waals surface area contributed by atoms with Gasteiger partial charge in [-0.1, -0.05) is 19.9 Å². The van der Waals surface area contributed by atoms with E-state index in [0.29, 0.717) is 17.0 Å². The van der Waals surface area contributed by atoms with Crippen LogP contribution in [-0.4, -0.2) is 26.8 Å². The lowest BCUT2D eigenvalue weighted by Crippen LogP contribution is -2.14. The van der Waals surface area contributed by atoms with E-state index in [2.05, 4.69) is 9.97 Å². The van der Waals surface area contributed by atoms with Crippen LogP contribution < -0.4 is 0 Å². The lowest BCUT2D eigenvalue weighted by atomic mass is 9.94. The predicted octanol–water partition coefficient (Wildman–Crippen LogP) is 4.11. The van der Waals surface area contributed by atoms with Gasteiger partial charge in [0.05, 0.1) is 11.6 Å². The van der Waals surface area contributed by atoms with Crippen molar-refractivity contribution >= 4 is 22.7 Å². The molecule has 0 spiro atoms. The molecule has 5 heteroatoms. The number of ketones is 1. The van der Waals surface area contributed by atoms with Gasteiger partial charge >= 0.3 is 5.97 Å². The first-order valence-corrected chi connectivity index (χ1v) is 8.83. The zero-order valence-corrected chi connectivity index (χ0v) is 15.2. The van der Waals surface area contributed by atoms with Gasteiger partial charge in [-0.2, -0.15) is 0 Å². The minimum atomic E-state index is -0.961. The highest BCUT2D eigenvalue weighted by molar-refractivity contribution is 6.12. The van der Waals surface area contributed by atoms with Crippen LogP contribution >= 0.6 is 0 Å². The summed E-state index contributed by atoms with van der Waals surface area (Å²) in [6.45, 7) is 5.66. The number of carbonyl (C=O) groups is 2. The van der Waals surface area contributed by atoms with Crippen molar-refractivity contribution in [3.8, 4) is 0 Å². The van der Waals surface area contributed by atoms with Crippen molar-refractivity contribution in [1.82, 2.24) is 9.97 Å². The second-order valence-corrected chi connectivity index (χ2v) is 6.44. The second kappa shape index (κ2) is 7.12. The molecule has 2 heterocycles. The highest BCUT2D eigenvalue weighted by Gasteiger charge is 2.27. The summed E-state index contributed by atoms with van der Waals surface area (Å²) in [6, 6.07) is 9.49. The summed E-state index contributed by atoms with van der Waals surface area (Å²) < 4.78 is 0. The molecule has 3 aromatic rings. The molecule has 0 saturated heterocycles. The molecule has 0 radical (unpaired) electrons. The predicted molar refractivity (Wildman–Crippen MR) is 101 cm³/mol. The van der Waals surface area contributed by atoms with E-state index in [1.807, 2.05) is 38.1 Å². The number of rotatable bonds is 6. The fourth-order valence-corrected chi connectivity index (χ4v) is 3.18. The Bertz CT molecular complexity index is 988. The third-order valence-corrected chi connectivity index (χ3v) is 4.81. The number of aryl methyl sites for hydroxylation is 2. The normalized spacial score (nSPS) is 12.3. The Hall–Kier alpha value is -2.95. The summed E-state index contributed by atoms with van der Waals surface area (Å²) in [6.07, 6.45) is 3.25. The molecule has 0 fully saturated rings. The van der Waals surface area contributed by atoms with E-state index in [-0.39, 0.29) is 5.78 Å². The number of nitrogens with one attached hydrogen (secondary N) is 1. The molecule has 26 heavy (non-hydrogen) atoms. The fraction of sp³-hybridized carbons (Fsp3) is 0.286. The lowest BCUT2D eigenvalue weighted by Gasteiger charge is -2.09. The Kier molecular flexibility index (Phi) is 4.89. The number of hydrogen-bond donors (Lipinski definition) is 2. The van der Waals surface area contributed by atoms with E-state index < -0.39 is 11.9 Å². The summed E-state index contributed by atoms with van der Waals surface area (Å²) in [5.74, 6) is -2.04. The van der Waals surface area contributed by atoms with E-state index in [0.717, 1.165) is 34.9 Å². The number of fused-ring (bicyclic) bond motifs is 1. The first-order chi connectivity index (χ1) is 12.5. The van der Waals surface area contributed by atoms with E-state index in [1.54, 1.807) is 19.2 Å². The first-order valence-electron chi connectivity index (χ1n) is 8.83. The first kappa shape index (κ1) is 17.9. The molecule has 3 rings (SSSR count). The SMILES string of the molecule is CCc1ccnc(C(=O)c2[nH]c3ccc(CC)cc3c2C(C)C(=O)O)c1. The highest BCUT2D eigenvalue weighted by Crippen LogP contribution is 2.32. The van der Waals surface area contributed by atoms with Gasteiger partial charge in [0.25, 0.3) is 0 Å². The molecule has 1 aromatic carbocycles. The molecule has 2 N–H and O–H groups in total. The number of aliphatic carboxylic acids is 1. The van der Waals surface area contributed by atoms with Crippen molar-refractivity contribution in [2.75, 3.05) is 0 Å². The van der Waals surface area contributed by atoms with Crippen LogP contribution in [0.25, 0.3) is 10.9 Å². The molecule has 0 aliphatic carbocycles. The molecule has 0 aliphatic rings. The zero-order valence-electron chi connectivity index (χ0n) is 15.2. The van der Waals surface area contributed by atoms with Crippen LogP contribution in [0.1, 0.15) is 59.6 Å². The third-order valence-electron chi connectivity index (χ3n) is 4.81. The van der Waals surface area contributed by atoms with E-state index in [1.165, 1.54) is 0 Å². The van der Waals surface area contributed by atoms with Gasteiger partial charge in [0.15, 0.2) is 0 Å². The molecule has 2 aromatic heterocycles. The third kappa shape index (κ3) is 3.12. The summed E-state index contributed by atoms with van der Waals surface area (Å²) in [5.41, 5.74) is 4.03. The van der Waals surface area contributed by atoms with Crippen molar-refractivity contribution in [2.24, 2.45) is 0 Å². The number of pyridine rings is 1. The number of carbonyl (C=O) groups excluding carboxylic acids is 1. The number of aromatic amines is 1. The number of H-pyrrole nitrogens is 1. The van der Waals surface area contributed by atoms with E-state index in [4.69, 9.17) is 0 Å². The van der Waals surface area contributed by atoms with Gasteiger partial charge in [-0.25, -0.2) is 0 Å². The fourth-order valence-electron chi connectivity index (χ4n) is 3.18. The Morgan fingerprint density at radius 3 is 2.46 bits per heavy atom. The van der Waals surface area contributed by atoms with Crippen LogP contribution in [-0.2, 0) is 17.6 Å². The smallest absolute Gasteiger partial charge is 0.310 e. The van der Waals surface area contributed by atoms with Crippen molar-refractivity contribution < 1.29 is 14.7 Å². The zero-order chi connectivity index (χ0) is 18.8. The van der Waals surface area contributed by atoms with Gasteiger partial charge in [0.2, 0.25) is 5.78 Å². The molecule has 0 bridgehead atoms. The average molecular weight is 350 g/mol. The highest BCUT2D eigenvalue weighted by atomic mass is 16.4. The molecule has 1 unspecified atom stereocenters. The minimum Gasteiger partial charge on any atom is -0.481 e. The van der Waals surface area contributed by atoms with Gasteiger partial charge in [-0.3, -0.25) is 14.6 Å². The maximum Gasteiger partial charge on any atom is 0.310 e. The second-order valence-electron chi connectivity index (χ2n) is 6.44. The molecule has 0 amide bonds. The monoisotopic (exact) mass is 350 g/mol. The molecule has 0 aliphatic heterocycles. The van der Waals surface area contributed by atoms with Crippen LogP contribution in [0, 0.1) is 0 Å². The number of nitrogens with zero attached hydrogens (tertiary/aromatic N) is 1. The van der Waals surface area contributed by atoms with Crippen molar-refractivity contribution in [3.05, 3.63) is 64.6 Å². The summed E-state index contributed by atoms with van der Waals surface area (Å²) in [7, 11) is 0. The van der Waals surface area contributed by atoms with Crippen LogP contribution in [0.15, 0.2) is 36.5 Å². The summed E-state index contributed by atoms with van der Waals surface area (Å²) in [5, 5.41) is 10.3. The maximum absolute atomic E-state index is 13.1. The van der Waals surface area contributed by atoms with Gasteiger partial charge in [0.1, 0.15) is 5.69 Å². The van der Waals surface area contributed by atoms with Crippen LogP contribution in [0.3, 0.4) is 0 Å². The van der Waals surface area contributed by atoms with Crippen molar-refractivity contribution in [2.45, 2.75) is 39.5 Å². The van der Waals surface area contributed by atoms with Crippen molar-refractivity contribution in [3.63, 3.8) is 0 Å². The Morgan fingerprint density at radius 2 is 1.81 bits per heavy atom. The number of carboxylic acids is 1. The maximum atomic E-state index is 13.1. The quantitative estimate of drug-likeness (QED) is 0.656. The van der Waals surface area contributed by atoms with Crippen LogP contribution in [0.5, 0.6) is 0 Å². The van der Waals surface area contributed by atoms with Gasteiger partial charge < -0.3 is 10.1 Å². The van der Waals surface area contributed by atoms with E-state index >= 15 is 0 Å². The minimum absolute atomic E-state index is 0.280. The van der Waals surface area contributed by atoms with Crippen LogP contribution in [0.2, 0.25) is 0 Å². The molecule has 1 atom stereocenters. The van der Waals surface area contributed by atoms with E-state index in [9.17, 15) is 14.7 Å². The Balaban J connectivity index is 2.22. The molecular formula is C21H22N2O3. The lowest BCUT2D eigenvalue weighted by molar-refractivity contribution is -0.138. The van der Waals surface area contributed by atoms with Gasteiger partial charge in [-0.15, -0.1) is 0 Å². The molecule has 0 saturated carbocycles. The number of aromatic nitrogens is 2. The Morgan fingerprint density at radius 1 is 1.12 bits per heavy atom. The average Bonchev–Trinajstić information content (AvgIpc) is 3.04. The number of carboxylic acid groups (broad SMARTS) is 1. The molecular weight excluding hydrogens is 328 g/mol. The van der Waals surface area contributed by atoms with Crippen LogP contribution in [0.4, 0.5) is 0 Å². The van der Waals surface area contributed by atoms with Gasteiger partial charge in [-0.05, 0) is 55.2 Å². The number of hydrogen-bond acceptors (Lipinski definition) is 3. The summed E-state index contributed by atoms with van der Waals surface area (Å²) >= 11 is 0. The topological polar surface area (TPSA) is 83.0 Å². The molecule has 5 nitrogen and oxygen atoms in total. The largest absolute Gasteiger partial charge is 0.481 e. The molecule has 134 valence electrons. The van der Waals surface area contributed by atoms with Crippen molar-refractivity contribution in [1.29, 1.82) is 0 Å². The number of benzene rings is 1. The van der Waals surface area contributed by atoms with Gasteiger partial charge in [0, 0.05) is 22.7 Å².